The van der Waals surface area contributed by atoms with E-state index in [1.165, 1.54) is 36.4 Å². The average Bonchev–Trinajstić information content (AvgIpc) is 2.65. The van der Waals surface area contributed by atoms with Gasteiger partial charge in [-0.2, -0.15) is 0 Å². The minimum Gasteiger partial charge on any atom is -0.422 e. The van der Waals surface area contributed by atoms with Gasteiger partial charge in [0.15, 0.2) is 5.69 Å². The van der Waals surface area contributed by atoms with E-state index in [1.54, 1.807) is 0 Å². The van der Waals surface area contributed by atoms with Crippen molar-refractivity contribution in [3.63, 3.8) is 0 Å². The Hall–Kier alpha value is -2.55. The van der Waals surface area contributed by atoms with E-state index in [-0.39, 0.29) is 10.8 Å². The third-order valence-electron chi connectivity index (χ3n) is 3.49. The van der Waals surface area contributed by atoms with Crippen molar-refractivity contribution in [2.24, 2.45) is 0 Å². The number of carbonyl (C=O) groups is 1. The maximum absolute atomic E-state index is 13.0. The lowest BCUT2D eigenvalue weighted by atomic mass is 10.2. The Morgan fingerprint density at radius 3 is 2.32 bits per heavy atom. The molecule has 0 radical (unpaired) electrons. The van der Waals surface area contributed by atoms with Gasteiger partial charge in [-0.1, -0.05) is 35.3 Å². The lowest BCUT2D eigenvalue weighted by molar-refractivity contribution is 0.0727. The number of nitrogens with zero attached hydrogens (tertiary/aromatic N) is 2. The molecule has 0 unspecified atom stereocenters. The Morgan fingerprint density at radius 1 is 1.04 bits per heavy atom. The Bertz CT molecular complexity index is 1120. The summed E-state index contributed by atoms with van der Waals surface area (Å²) in [6, 6.07) is 10.9. The zero-order chi connectivity index (χ0) is 20.3. The van der Waals surface area contributed by atoms with Crippen molar-refractivity contribution >= 4 is 39.0 Å². The van der Waals surface area contributed by atoms with Gasteiger partial charge in [-0.3, -0.25) is 0 Å². The topological polar surface area (TPSA) is 86.2 Å². The van der Waals surface area contributed by atoms with Gasteiger partial charge in [0.05, 0.1) is 17.0 Å². The second-order valence-corrected chi connectivity index (χ2v) is 8.31. The first-order valence-electron chi connectivity index (χ1n) is 7.72. The van der Waals surface area contributed by atoms with Gasteiger partial charge in [0.25, 0.3) is 0 Å². The smallest absolute Gasteiger partial charge is 0.364 e. The van der Waals surface area contributed by atoms with Gasteiger partial charge in [0.2, 0.25) is 15.0 Å². The second kappa shape index (κ2) is 8.22. The summed E-state index contributed by atoms with van der Waals surface area (Å²) < 4.78 is 43.2. The number of esters is 1. The van der Waals surface area contributed by atoms with Crippen molar-refractivity contribution in [2.45, 2.75) is 10.9 Å². The molecular weight excluding hydrogens is 430 g/mol. The van der Waals surface area contributed by atoms with E-state index >= 15 is 0 Å². The van der Waals surface area contributed by atoms with Crippen LogP contribution in [0, 0.1) is 5.82 Å². The maximum atomic E-state index is 13.0. The normalized spacial score (nSPS) is 11.2. The maximum Gasteiger partial charge on any atom is 0.364 e. The summed E-state index contributed by atoms with van der Waals surface area (Å²) in [6.07, 6.45) is 1.00. The molecule has 0 aliphatic carbocycles. The van der Waals surface area contributed by atoms with E-state index in [0.29, 0.717) is 10.6 Å². The number of halogens is 3. The van der Waals surface area contributed by atoms with Crippen molar-refractivity contribution in [3.8, 4) is 5.75 Å². The first-order valence-corrected chi connectivity index (χ1v) is 10.1. The number of ether oxygens (including phenoxy) is 1. The molecule has 2 aromatic carbocycles. The van der Waals surface area contributed by atoms with Crippen LogP contribution in [0.4, 0.5) is 4.39 Å². The highest BCUT2D eigenvalue weighted by atomic mass is 35.5. The Balaban J connectivity index is 1.86. The van der Waals surface area contributed by atoms with Crippen LogP contribution < -0.4 is 4.74 Å². The van der Waals surface area contributed by atoms with Gasteiger partial charge in [0.1, 0.15) is 11.6 Å². The molecule has 28 heavy (non-hydrogen) atoms. The van der Waals surface area contributed by atoms with E-state index < -0.39 is 38.2 Å². The lowest BCUT2D eigenvalue weighted by Gasteiger charge is -2.08. The molecule has 0 aliphatic rings. The molecule has 0 bridgehead atoms. The molecule has 0 atom stereocenters. The summed E-state index contributed by atoms with van der Waals surface area (Å²) in [7, 11) is -4.01. The van der Waals surface area contributed by atoms with E-state index in [9.17, 15) is 17.6 Å². The fourth-order valence-corrected chi connectivity index (χ4v) is 3.66. The number of hydrogen-bond donors (Lipinski definition) is 0. The van der Waals surface area contributed by atoms with Crippen molar-refractivity contribution in [1.29, 1.82) is 0 Å². The van der Waals surface area contributed by atoms with Crippen LogP contribution in [0.3, 0.4) is 0 Å². The van der Waals surface area contributed by atoms with E-state index in [2.05, 4.69) is 9.97 Å². The van der Waals surface area contributed by atoms with Gasteiger partial charge in [-0.15, -0.1) is 0 Å². The van der Waals surface area contributed by atoms with Crippen LogP contribution in [0.15, 0.2) is 59.9 Å². The highest BCUT2D eigenvalue weighted by Gasteiger charge is 2.24. The third kappa shape index (κ3) is 4.83. The molecule has 0 fully saturated rings. The zero-order valence-electron chi connectivity index (χ0n) is 14.0. The number of aromatic nitrogens is 2. The van der Waals surface area contributed by atoms with Crippen molar-refractivity contribution < 1.29 is 22.3 Å². The molecule has 6 nitrogen and oxygen atoms in total. The molecule has 144 valence electrons. The Morgan fingerprint density at radius 2 is 1.68 bits per heavy atom. The fourth-order valence-electron chi connectivity index (χ4n) is 2.17. The van der Waals surface area contributed by atoms with E-state index in [4.69, 9.17) is 27.9 Å². The lowest BCUT2D eigenvalue weighted by Crippen LogP contribution is -2.16. The van der Waals surface area contributed by atoms with Crippen LogP contribution in [0.25, 0.3) is 0 Å². The Kier molecular flexibility index (Phi) is 5.93. The number of rotatable bonds is 5. The van der Waals surface area contributed by atoms with Crippen LogP contribution in [0.5, 0.6) is 5.75 Å². The fraction of sp³-hybridized carbons (Fsp3) is 0.0556. The molecule has 10 heteroatoms. The van der Waals surface area contributed by atoms with Gasteiger partial charge >= 0.3 is 5.97 Å². The molecule has 0 spiro atoms. The standard InChI is InChI=1S/C18H11Cl2FN2O4S/c19-12-3-7-14(8-4-12)27-17(24)16-15(20)9-22-18(23-16)28(25,26)10-11-1-5-13(21)6-2-11/h1-9H,10H2. The molecule has 0 saturated carbocycles. The molecular formula is C18H11Cl2FN2O4S. The number of sulfone groups is 1. The quantitative estimate of drug-likeness (QED) is 0.337. The van der Waals surface area contributed by atoms with Crippen LogP contribution in [-0.4, -0.2) is 24.4 Å². The third-order valence-corrected chi connectivity index (χ3v) is 5.48. The molecule has 0 amide bonds. The van der Waals surface area contributed by atoms with Crippen molar-refractivity contribution in [1.82, 2.24) is 9.97 Å². The van der Waals surface area contributed by atoms with Gasteiger partial charge in [-0.25, -0.2) is 27.6 Å². The molecule has 0 saturated heterocycles. The summed E-state index contributed by atoms with van der Waals surface area (Å²) in [5, 5.41) is -0.307. The summed E-state index contributed by atoms with van der Waals surface area (Å²) in [5.41, 5.74) is -0.0606. The molecule has 0 N–H and O–H groups in total. The minimum absolute atomic E-state index is 0.167. The zero-order valence-corrected chi connectivity index (χ0v) is 16.3. The molecule has 0 aliphatic heterocycles. The van der Waals surface area contributed by atoms with E-state index in [1.807, 2.05) is 0 Å². The van der Waals surface area contributed by atoms with Crippen LogP contribution in [0.2, 0.25) is 10.0 Å². The summed E-state index contributed by atoms with van der Waals surface area (Å²) in [5.74, 6) is -1.73. The SMILES string of the molecule is O=C(Oc1ccc(Cl)cc1)c1nc(S(=O)(=O)Cc2ccc(F)cc2)ncc1Cl. The van der Waals surface area contributed by atoms with Crippen LogP contribution >= 0.6 is 23.2 Å². The highest BCUT2D eigenvalue weighted by molar-refractivity contribution is 7.90. The van der Waals surface area contributed by atoms with Crippen molar-refractivity contribution in [2.75, 3.05) is 0 Å². The molecule has 1 aromatic heterocycles. The highest BCUT2D eigenvalue weighted by Crippen LogP contribution is 2.21. The van der Waals surface area contributed by atoms with Gasteiger partial charge in [-0.05, 0) is 42.0 Å². The first kappa shape index (κ1) is 20.2. The predicted molar refractivity (Wildman–Crippen MR) is 101 cm³/mol. The monoisotopic (exact) mass is 440 g/mol. The minimum atomic E-state index is -4.01. The second-order valence-electron chi connectivity index (χ2n) is 5.58. The molecule has 3 rings (SSSR count). The Labute approximate surface area is 169 Å². The molecule has 3 aromatic rings. The number of hydrogen-bond acceptors (Lipinski definition) is 6. The summed E-state index contributed by atoms with van der Waals surface area (Å²) in [4.78, 5) is 19.8. The first-order chi connectivity index (χ1) is 13.2. The average molecular weight is 441 g/mol. The van der Waals surface area contributed by atoms with Gasteiger partial charge < -0.3 is 4.74 Å². The van der Waals surface area contributed by atoms with Crippen molar-refractivity contribution in [3.05, 3.63) is 81.8 Å². The molecule has 1 heterocycles. The van der Waals surface area contributed by atoms with Crippen LogP contribution in [0.1, 0.15) is 16.1 Å². The summed E-state index contributed by atoms with van der Waals surface area (Å²) >= 11 is 11.7. The van der Waals surface area contributed by atoms with Gasteiger partial charge in [0, 0.05) is 5.02 Å². The van der Waals surface area contributed by atoms with Crippen LogP contribution in [-0.2, 0) is 15.6 Å². The predicted octanol–water partition coefficient (Wildman–Crippen LogP) is 4.12. The van der Waals surface area contributed by atoms with E-state index in [0.717, 1.165) is 18.3 Å². The largest absolute Gasteiger partial charge is 0.422 e. The number of benzene rings is 2. The number of carbonyl (C=O) groups excluding carboxylic acids is 1. The summed E-state index contributed by atoms with van der Waals surface area (Å²) in [6.45, 7) is 0.